The van der Waals surface area contributed by atoms with Crippen LogP contribution in [0.1, 0.15) is 13.8 Å². The molecule has 8 heteroatoms. The standard InChI is InChI=1S/C18H19N3O3S2/c1-12(2)11-26(23,24)18-21-15-9-8-14(10-16(15)25-18)20-17(22)19-13-6-4-3-5-7-13/h3-10,12H,11H2,1-2H3,(H2,19,20,22). The van der Waals surface area contributed by atoms with Crippen LogP contribution in [0.5, 0.6) is 0 Å². The third-order valence-corrected chi connectivity index (χ3v) is 7.03. The van der Waals surface area contributed by atoms with Crippen molar-refractivity contribution in [1.82, 2.24) is 4.98 Å². The number of nitrogens with one attached hydrogen (secondary N) is 2. The van der Waals surface area contributed by atoms with Gasteiger partial charge in [0.1, 0.15) is 0 Å². The fraction of sp³-hybridized carbons (Fsp3) is 0.222. The number of hydrogen-bond donors (Lipinski definition) is 2. The fourth-order valence-corrected chi connectivity index (χ4v) is 5.41. The van der Waals surface area contributed by atoms with Gasteiger partial charge in [-0.2, -0.15) is 0 Å². The lowest BCUT2D eigenvalue weighted by molar-refractivity contribution is 0.262. The van der Waals surface area contributed by atoms with E-state index in [-0.39, 0.29) is 22.0 Å². The van der Waals surface area contributed by atoms with Crippen molar-refractivity contribution in [3.05, 3.63) is 48.5 Å². The number of hydrogen-bond acceptors (Lipinski definition) is 5. The Bertz CT molecular complexity index is 1030. The monoisotopic (exact) mass is 389 g/mol. The van der Waals surface area contributed by atoms with Crippen molar-refractivity contribution in [1.29, 1.82) is 0 Å². The van der Waals surface area contributed by atoms with Crippen LogP contribution in [-0.2, 0) is 9.84 Å². The van der Waals surface area contributed by atoms with E-state index in [0.29, 0.717) is 21.6 Å². The molecule has 2 amide bonds. The summed E-state index contributed by atoms with van der Waals surface area (Å²) in [6.07, 6.45) is 0. The van der Waals surface area contributed by atoms with E-state index in [0.717, 1.165) is 11.3 Å². The first-order valence-electron chi connectivity index (χ1n) is 8.10. The molecule has 0 aliphatic heterocycles. The Morgan fingerprint density at radius 1 is 1.08 bits per heavy atom. The fourth-order valence-electron chi connectivity index (χ4n) is 2.44. The maximum Gasteiger partial charge on any atom is 0.323 e. The van der Waals surface area contributed by atoms with Crippen molar-refractivity contribution in [3.8, 4) is 0 Å². The number of rotatable bonds is 5. The van der Waals surface area contributed by atoms with E-state index in [1.165, 1.54) is 0 Å². The Morgan fingerprint density at radius 2 is 1.77 bits per heavy atom. The average molecular weight is 390 g/mol. The number of urea groups is 1. The number of anilines is 2. The van der Waals surface area contributed by atoms with Crippen LogP contribution in [-0.4, -0.2) is 25.2 Å². The number of para-hydroxylation sites is 1. The summed E-state index contributed by atoms with van der Waals surface area (Å²) in [5.74, 6) is 0.100. The number of amides is 2. The highest BCUT2D eigenvalue weighted by molar-refractivity contribution is 7.93. The third-order valence-electron chi connectivity index (χ3n) is 3.48. The van der Waals surface area contributed by atoms with Crippen molar-refractivity contribution in [2.24, 2.45) is 5.92 Å². The Balaban J connectivity index is 1.78. The van der Waals surface area contributed by atoms with Crippen molar-refractivity contribution in [2.45, 2.75) is 18.2 Å². The molecule has 2 N–H and O–H groups in total. The minimum absolute atomic E-state index is 0.0333. The zero-order valence-electron chi connectivity index (χ0n) is 14.4. The molecular weight excluding hydrogens is 370 g/mol. The molecule has 0 saturated carbocycles. The molecular formula is C18H19N3O3S2. The number of aromatic nitrogens is 1. The van der Waals surface area contributed by atoms with Crippen LogP contribution in [0.15, 0.2) is 52.9 Å². The summed E-state index contributed by atoms with van der Waals surface area (Å²) >= 11 is 1.12. The van der Waals surface area contributed by atoms with Crippen LogP contribution in [0.2, 0.25) is 0 Å². The van der Waals surface area contributed by atoms with Gasteiger partial charge in [-0.05, 0) is 36.2 Å². The lowest BCUT2D eigenvalue weighted by atomic mass is 10.3. The van der Waals surface area contributed by atoms with Crippen LogP contribution in [0.3, 0.4) is 0 Å². The summed E-state index contributed by atoms with van der Waals surface area (Å²) in [5, 5.41) is 5.47. The Morgan fingerprint density at radius 3 is 2.46 bits per heavy atom. The molecule has 0 fully saturated rings. The molecule has 26 heavy (non-hydrogen) atoms. The highest BCUT2D eigenvalue weighted by Gasteiger charge is 2.21. The quantitative estimate of drug-likeness (QED) is 0.678. The minimum Gasteiger partial charge on any atom is -0.308 e. The van der Waals surface area contributed by atoms with Crippen LogP contribution in [0.4, 0.5) is 16.2 Å². The number of benzene rings is 2. The SMILES string of the molecule is CC(C)CS(=O)(=O)c1nc2ccc(NC(=O)Nc3ccccc3)cc2s1. The lowest BCUT2D eigenvalue weighted by Crippen LogP contribution is -2.19. The number of carbonyl (C=O) groups is 1. The largest absolute Gasteiger partial charge is 0.323 e. The van der Waals surface area contributed by atoms with Crippen LogP contribution in [0, 0.1) is 5.92 Å². The third kappa shape index (κ3) is 4.39. The van der Waals surface area contributed by atoms with Gasteiger partial charge in [0.25, 0.3) is 0 Å². The summed E-state index contributed by atoms with van der Waals surface area (Å²) in [6.45, 7) is 3.72. The number of sulfone groups is 1. The van der Waals surface area contributed by atoms with E-state index in [4.69, 9.17) is 0 Å². The second-order valence-electron chi connectivity index (χ2n) is 6.28. The molecule has 0 bridgehead atoms. The van der Waals surface area contributed by atoms with E-state index in [1.807, 2.05) is 32.0 Å². The average Bonchev–Trinajstić information content (AvgIpc) is 2.99. The molecule has 6 nitrogen and oxygen atoms in total. The van der Waals surface area contributed by atoms with Crippen molar-refractivity contribution in [2.75, 3.05) is 16.4 Å². The molecule has 0 unspecified atom stereocenters. The first-order valence-corrected chi connectivity index (χ1v) is 10.6. The summed E-state index contributed by atoms with van der Waals surface area (Å²) in [5.41, 5.74) is 1.86. The number of fused-ring (bicyclic) bond motifs is 1. The topological polar surface area (TPSA) is 88.2 Å². The van der Waals surface area contributed by atoms with Crippen molar-refractivity contribution >= 4 is 48.8 Å². The Hall–Kier alpha value is -2.45. The van der Waals surface area contributed by atoms with E-state index in [9.17, 15) is 13.2 Å². The van der Waals surface area contributed by atoms with Crippen LogP contribution >= 0.6 is 11.3 Å². The number of nitrogens with zero attached hydrogens (tertiary/aromatic N) is 1. The predicted molar refractivity (Wildman–Crippen MR) is 106 cm³/mol. The molecule has 3 rings (SSSR count). The molecule has 0 atom stereocenters. The smallest absolute Gasteiger partial charge is 0.308 e. The minimum atomic E-state index is -3.39. The maximum atomic E-state index is 12.3. The highest BCUT2D eigenvalue weighted by Crippen LogP contribution is 2.29. The predicted octanol–water partition coefficient (Wildman–Crippen LogP) is 4.37. The zero-order valence-corrected chi connectivity index (χ0v) is 16.0. The van der Waals surface area contributed by atoms with E-state index < -0.39 is 9.84 Å². The molecule has 136 valence electrons. The summed E-state index contributed by atoms with van der Waals surface area (Å²) < 4.78 is 25.5. The number of thiazole rings is 1. The molecule has 2 aromatic carbocycles. The van der Waals surface area contributed by atoms with Gasteiger partial charge in [-0.15, -0.1) is 11.3 Å². The van der Waals surface area contributed by atoms with Crippen LogP contribution < -0.4 is 10.6 Å². The van der Waals surface area contributed by atoms with Crippen molar-refractivity contribution in [3.63, 3.8) is 0 Å². The molecule has 3 aromatic rings. The van der Waals surface area contributed by atoms with E-state index >= 15 is 0 Å². The van der Waals surface area contributed by atoms with Crippen LogP contribution in [0.25, 0.3) is 10.2 Å². The van der Waals surface area contributed by atoms with Gasteiger partial charge < -0.3 is 10.6 Å². The van der Waals surface area contributed by atoms with Gasteiger partial charge in [0.15, 0.2) is 0 Å². The molecule has 1 aromatic heterocycles. The van der Waals surface area contributed by atoms with Gasteiger partial charge >= 0.3 is 6.03 Å². The van der Waals surface area contributed by atoms with E-state index in [2.05, 4.69) is 15.6 Å². The summed E-state index contributed by atoms with van der Waals surface area (Å²) in [7, 11) is -3.39. The molecule has 0 aliphatic rings. The van der Waals surface area contributed by atoms with Crippen molar-refractivity contribution < 1.29 is 13.2 Å². The molecule has 1 heterocycles. The van der Waals surface area contributed by atoms with Gasteiger partial charge in [0, 0.05) is 11.4 Å². The molecule has 0 spiro atoms. The van der Waals surface area contributed by atoms with Gasteiger partial charge in [0.05, 0.1) is 16.0 Å². The second-order valence-corrected chi connectivity index (χ2v) is 9.52. The first kappa shape index (κ1) is 18.3. The second kappa shape index (κ2) is 7.43. The molecule has 0 saturated heterocycles. The number of carbonyl (C=O) groups excluding carboxylic acids is 1. The summed E-state index contributed by atoms with van der Waals surface area (Å²) in [6, 6.07) is 13.9. The van der Waals surface area contributed by atoms with Gasteiger partial charge in [-0.25, -0.2) is 18.2 Å². The molecule has 0 radical (unpaired) electrons. The zero-order chi connectivity index (χ0) is 18.7. The Labute approximate surface area is 156 Å². The maximum absolute atomic E-state index is 12.3. The van der Waals surface area contributed by atoms with Gasteiger partial charge in [0.2, 0.25) is 14.2 Å². The lowest BCUT2D eigenvalue weighted by Gasteiger charge is -2.07. The Kier molecular flexibility index (Phi) is 5.24. The summed E-state index contributed by atoms with van der Waals surface area (Å²) in [4.78, 5) is 16.3. The van der Waals surface area contributed by atoms with Gasteiger partial charge in [-0.1, -0.05) is 32.0 Å². The normalized spacial score (nSPS) is 11.7. The van der Waals surface area contributed by atoms with E-state index in [1.54, 1.807) is 30.3 Å². The first-order chi connectivity index (χ1) is 12.3. The molecule has 0 aliphatic carbocycles. The van der Waals surface area contributed by atoms with Gasteiger partial charge in [-0.3, -0.25) is 0 Å². The highest BCUT2D eigenvalue weighted by atomic mass is 32.2.